The highest BCUT2D eigenvalue weighted by Gasteiger charge is 2.14. The van der Waals surface area contributed by atoms with E-state index in [4.69, 9.17) is 0 Å². The average molecular weight is 265 g/mol. The fraction of sp³-hybridized carbons (Fsp3) is 0.375. The molecule has 0 fully saturated rings. The summed E-state index contributed by atoms with van der Waals surface area (Å²) in [5, 5.41) is 3.19. The van der Waals surface area contributed by atoms with E-state index in [0.29, 0.717) is 5.69 Å². The molecular formula is C16H21F2N. The highest BCUT2D eigenvalue weighted by Crippen LogP contribution is 2.28. The summed E-state index contributed by atoms with van der Waals surface area (Å²) in [5.41, 5.74) is 1.39. The third-order valence-corrected chi connectivity index (χ3v) is 2.93. The van der Waals surface area contributed by atoms with E-state index < -0.39 is 11.6 Å². The van der Waals surface area contributed by atoms with E-state index in [9.17, 15) is 8.78 Å². The van der Waals surface area contributed by atoms with E-state index in [-0.39, 0.29) is 12.0 Å². The first kappa shape index (κ1) is 15.4. The lowest BCUT2D eigenvalue weighted by Crippen LogP contribution is -2.14. The molecule has 1 rings (SSSR count). The lowest BCUT2D eigenvalue weighted by molar-refractivity contribution is 0.507. The van der Waals surface area contributed by atoms with Gasteiger partial charge < -0.3 is 5.32 Å². The van der Waals surface area contributed by atoms with Crippen molar-refractivity contribution in [3.05, 3.63) is 53.6 Å². The summed E-state index contributed by atoms with van der Waals surface area (Å²) < 4.78 is 26.8. The Balaban J connectivity index is 3.16. The number of nitrogens with one attached hydrogen (secondary N) is 1. The van der Waals surface area contributed by atoms with Crippen molar-refractivity contribution in [2.45, 2.75) is 39.7 Å². The van der Waals surface area contributed by atoms with E-state index in [1.165, 1.54) is 12.1 Å². The summed E-state index contributed by atoms with van der Waals surface area (Å²) in [4.78, 5) is 0. The first-order chi connectivity index (χ1) is 8.99. The highest BCUT2D eigenvalue weighted by atomic mass is 19.2. The molecule has 0 aliphatic carbocycles. The van der Waals surface area contributed by atoms with Crippen LogP contribution >= 0.6 is 0 Å². The fourth-order valence-electron chi connectivity index (χ4n) is 2.04. The number of halogens is 2. The Morgan fingerprint density at radius 1 is 1.00 bits per heavy atom. The zero-order valence-electron chi connectivity index (χ0n) is 11.9. The third-order valence-electron chi connectivity index (χ3n) is 2.93. The van der Waals surface area contributed by atoms with Crippen molar-refractivity contribution >= 4 is 5.69 Å². The van der Waals surface area contributed by atoms with Gasteiger partial charge in [-0.2, -0.15) is 0 Å². The molecule has 1 aromatic carbocycles. The molecule has 0 aliphatic heterocycles. The Morgan fingerprint density at radius 2 is 1.58 bits per heavy atom. The van der Waals surface area contributed by atoms with E-state index in [1.807, 2.05) is 52.0 Å². The van der Waals surface area contributed by atoms with Crippen LogP contribution in [0.4, 0.5) is 14.5 Å². The summed E-state index contributed by atoms with van der Waals surface area (Å²) in [6.45, 7) is 7.75. The van der Waals surface area contributed by atoms with E-state index in [1.54, 1.807) is 0 Å². The summed E-state index contributed by atoms with van der Waals surface area (Å²) in [7, 11) is 0. The van der Waals surface area contributed by atoms with Gasteiger partial charge in [0.05, 0.1) is 0 Å². The minimum atomic E-state index is -0.827. The van der Waals surface area contributed by atoms with Crippen molar-refractivity contribution < 1.29 is 8.78 Å². The van der Waals surface area contributed by atoms with Gasteiger partial charge in [-0.15, -0.1) is 0 Å². The van der Waals surface area contributed by atoms with Crippen molar-refractivity contribution in [2.75, 3.05) is 5.32 Å². The van der Waals surface area contributed by atoms with Crippen LogP contribution in [0.3, 0.4) is 0 Å². The molecule has 2 unspecified atom stereocenters. The summed E-state index contributed by atoms with van der Waals surface area (Å²) in [6, 6.07) is 2.56. The maximum Gasteiger partial charge on any atom is 0.160 e. The number of hydrogen-bond acceptors (Lipinski definition) is 1. The quantitative estimate of drug-likeness (QED) is 0.737. The van der Waals surface area contributed by atoms with Crippen LogP contribution in [0.1, 0.15) is 39.2 Å². The molecule has 1 aromatic rings. The first-order valence-electron chi connectivity index (χ1n) is 6.50. The summed E-state index contributed by atoms with van der Waals surface area (Å²) in [5.74, 6) is -1.61. The molecule has 0 spiro atoms. The van der Waals surface area contributed by atoms with Gasteiger partial charge in [0, 0.05) is 23.7 Å². The van der Waals surface area contributed by atoms with Crippen LogP contribution in [0.5, 0.6) is 0 Å². The lowest BCUT2D eigenvalue weighted by Gasteiger charge is -2.18. The number of rotatable bonds is 5. The highest BCUT2D eigenvalue weighted by molar-refractivity contribution is 5.55. The van der Waals surface area contributed by atoms with Crippen molar-refractivity contribution in [2.24, 2.45) is 0 Å². The van der Waals surface area contributed by atoms with Gasteiger partial charge in [0.15, 0.2) is 11.6 Å². The SMILES string of the molecule is C/C=C/C(C)Nc1cc(F)c(F)cc1C(C)/C=C/C. The number of hydrogen-bond donors (Lipinski definition) is 1. The second kappa shape index (κ2) is 7.07. The van der Waals surface area contributed by atoms with Crippen molar-refractivity contribution in [3.63, 3.8) is 0 Å². The summed E-state index contributed by atoms with van der Waals surface area (Å²) in [6.07, 6.45) is 7.75. The van der Waals surface area contributed by atoms with E-state index >= 15 is 0 Å². The number of benzene rings is 1. The second-order valence-corrected chi connectivity index (χ2v) is 4.63. The van der Waals surface area contributed by atoms with Gasteiger partial charge in [0.25, 0.3) is 0 Å². The zero-order chi connectivity index (χ0) is 14.4. The van der Waals surface area contributed by atoms with Gasteiger partial charge >= 0.3 is 0 Å². The van der Waals surface area contributed by atoms with Gasteiger partial charge in [0.1, 0.15) is 0 Å². The molecule has 0 saturated heterocycles. The molecule has 0 saturated carbocycles. The Morgan fingerprint density at radius 3 is 2.16 bits per heavy atom. The molecule has 0 radical (unpaired) electrons. The summed E-state index contributed by atoms with van der Waals surface area (Å²) >= 11 is 0. The molecule has 0 aliphatic rings. The first-order valence-corrected chi connectivity index (χ1v) is 6.50. The largest absolute Gasteiger partial charge is 0.379 e. The minimum absolute atomic E-state index is 0.0282. The van der Waals surface area contributed by atoms with Gasteiger partial charge in [-0.1, -0.05) is 31.2 Å². The van der Waals surface area contributed by atoms with Crippen LogP contribution in [0, 0.1) is 11.6 Å². The van der Waals surface area contributed by atoms with Gasteiger partial charge in [0.2, 0.25) is 0 Å². The molecule has 0 bridgehead atoms. The molecule has 3 heteroatoms. The zero-order valence-corrected chi connectivity index (χ0v) is 11.9. The number of anilines is 1. The topological polar surface area (TPSA) is 12.0 Å². The molecule has 2 atom stereocenters. The predicted molar refractivity (Wildman–Crippen MR) is 77.5 cm³/mol. The second-order valence-electron chi connectivity index (χ2n) is 4.63. The third kappa shape index (κ3) is 4.19. The maximum atomic E-state index is 13.4. The molecular weight excluding hydrogens is 244 g/mol. The Bertz CT molecular complexity index is 478. The van der Waals surface area contributed by atoms with Crippen LogP contribution in [0.25, 0.3) is 0 Å². The normalized spacial score (nSPS) is 15.1. The van der Waals surface area contributed by atoms with Crippen molar-refractivity contribution in [3.8, 4) is 0 Å². The van der Waals surface area contributed by atoms with Gasteiger partial charge in [-0.25, -0.2) is 8.78 Å². The van der Waals surface area contributed by atoms with Crippen molar-refractivity contribution in [1.82, 2.24) is 0 Å². The Hall–Kier alpha value is -1.64. The van der Waals surface area contributed by atoms with Crippen LogP contribution in [0.15, 0.2) is 36.4 Å². The molecule has 19 heavy (non-hydrogen) atoms. The molecule has 104 valence electrons. The lowest BCUT2D eigenvalue weighted by atomic mass is 9.98. The van der Waals surface area contributed by atoms with Gasteiger partial charge in [-0.3, -0.25) is 0 Å². The van der Waals surface area contributed by atoms with Crippen LogP contribution < -0.4 is 5.32 Å². The molecule has 0 heterocycles. The minimum Gasteiger partial charge on any atom is -0.379 e. The maximum absolute atomic E-state index is 13.4. The van der Waals surface area contributed by atoms with E-state index in [2.05, 4.69) is 5.32 Å². The van der Waals surface area contributed by atoms with Gasteiger partial charge in [-0.05, 0) is 32.4 Å². The standard InChI is InChI=1S/C16H21F2N/c1-5-7-11(3)13-9-14(17)15(18)10-16(13)19-12(4)8-6-2/h5-12,19H,1-4H3/b7-5+,8-6+. The van der Waals surface area contributed by atoms with Crippen molar-refractivity contribution in [1.29, 1.82) is 0 Å². The van der Waals surface area contributed by atoms with Crippen LogP contribution in [0.2, 0.25) is 0 Å². The number of allylic oxidation sites excluding steroid dienone is 3. The molecule has 1 N–H and O–H groups in total. The average Bonchev–Trinajstić information content (AvgIpc) is 2.34. The fourth-order valence-corrected chi connectivity index (χ4v) is 2.04. The Labute approximate surface area is 114 Å². The predicted octanol–water partition coefficient (Wildman–Crippen LogP) is 5.02. The van der Waals surface area contributed by atoms with Crippen LogP contribution in [-0.2, 0) is 0 Å². The monoisotopic (exact) mass is 265 g/mol. The van der Waals surface area contributed by atoms with E-state index in [0.717, 1.165) is 5.56 Å². The molecule has 0 aromatic heterocycles. The molecule has 0 amide bonds. The molecule has 1 nitrogen and oxygen atoms in total. The smallest absolute Gasteiger partial charge is 0.160 e. The van der Waals surface area contributed by atoms with Crippen LogP contribution in [-0.4, -0.2) is 6.04 Å². The Kier molecular flexibility index (Phi) is 5.74.